The van der Waals surface area contributed by atoms with E-state index in [4.69, 9.17) is 9.88 Å². The number of rotatable bonds is 4. The van der Waals surface area contributed by atoms with Gasteiger partial charge in [0.2, 0.25) is 10.0 Å². The summed E-state index contributed by atoms with van der Waals surface area (Å²) in [5.41, 5.74) is 0.871. The summed E-state index contributed by atoms with van der Waals surface area (Å²) in [6.45, 7) is 4.01. The third-order valence-electron chi connectivity index (χ3n) is 3.42. The van der Waals surface area contributed by atoms with Crippen LogP contribution in [0.25, 0.3) is 0 Å². The van der Waals surface area contributed by atoms with E-state index in [1.165, 1.54) is 6.07 Å². The molecule has 1 aliphatic carbocycles. The smallest absolute Gasteiger partial charge is 0.238 e. The SMILES string of the molecule is CC(C)c1cc(S(N)(=O)=O)ccc1OC1C=CCCC1. The lowest BCUT2D eigenvalue weighted by molar-refractivity contribution is 0.227. The van der Waals surface area contributed by atoms with Gasteiger partial charge in [-0.2, -0.15) is 0 Å². The first-order valence-electron chi connectivity index (χ1n) is 6.88. The van der Waals surface area contributed by atoms with Crippen LogP contribution in [0.4, 0.5) is 0 Å². The predicted molar refractivity (Wildman–Crippen MR) is 79.3 cm³/mol. The minimum atomic E-state index is -3.68. The van der Waals surface area contributed by atoms with E-state index in [1.807, 2.05) is 13.8 Å². The van der Waals surface area contributed by atoms with Crippen LogP contribution >= 0.6 is 0 Å². The molecule has 0 saturated carbocycles. The molecule has 1 aromatic rings. The van der Waals surface area contributed by atoms with Gasteiger partial charge in [0.05, 0.1) is 4.90 Å². The van der Waals surface area contributed by atoms with E-state index in [1.54, 1.807) is 12.1 Å². The van der Waals surface area contributed by atoms with Crippen LogP contribution in [0.3, 0.4) is 0 Å². The van der Waals surface area contributed by atoms with Crippen LogP contribution in [0, 0.1) is 0 Å². The van der Waals surface area contributed by atoms with Gasteiger partial charge in [-0.3, -0.25) is 0 Å². The van der Waals surface area contributed by atoms with Gasteiger partial charge in [0.1, 0.15) is 11.9 Å². The first-order valence-corrected chi connectivity index (χ1v) is 8.42. The minimum absolute atomic E-state index is 0.0709. The number of allylic oxidation sites excluding steroid dienone is 1. The van der Waals surface area contributed by atoms with Crippen molar-refractivity contribution in [3.63, 3.8) is 0 Å². The molecule has 0 aromatic heterocycles. The average Bonchev–Trinajstić information content (AvgIpc) is 2.38. The second-order valence-corrected chi connectivity index (χ2v) is 6.98. The van der Waals surface area contributed by atoms with Gasteiger partial charge in [-0.1, -0.05) is 19.9 Å². The highest BCUT2D eigenvalue weighted by Crippen LogP contribution is 2.30. The molecule has 0 fully saturated rings. The first kappa shape index (κ1) is 15.1. The largest absolute Gasteiger partial charge is 0.486 e. The number of hydrogen-bond donors (Lipinski definition) is 1. The fourth-order valence-electron chi connectivity index (χ4n) is 2.30. The molecule has 0 saturated heterocycles. The summed E-state index contributed by atoms with van der Waals surface area (Å²) in [5.74, 6) is 0.906. The Morgan fingerprint density at radius 2 is 2.10 bits per heavy atom. The number of primary sulfonamides is 1. The van der Waals surface area contributed by atoms with Crippen LogP contribution in [0.1, 0.15) is 44.6 Å². The van der Waals surface area contributed by atoms with Gasteiger partial charge in [-0.15, -0.1) is 0 Å². The number of hydrogen-bond acceptors (Lipinski definition) is 3. The van der Waals surface area contributed by atoms with Gasteiger partial charge in [0.15, 0.2) is 0 Å². The van der Waals surface area contributed by atoms with Gasteiger partial charge in [0, 0.05) is 0 Å². The molecule has 1 aliphatic rings. The monoisotopic (exact) mass is 295 g/mol. The Hall–Kier alpha value is -1.33. The second-order valence-electron chi connectivity index (χ2n) is 5.41. The normalized spacial score (nSPS) is 19.3. The van der Waals surface area contributed by atoms with Gasteiger partial charge < -0.3 is 4.74 Å². The molecule has 0 spiro atoms. The van der Waals surface area contributed by atoms with E-state index in [0.29, 0.717) is 0 Å². The molecule has 4 nitrogen and oxygen atoms in total. The Labute approximate surface area is 120 Å². The zero-order chi connectivity index (χ0) is 14.8. The zero-order valence-electron chi connectivity index (χ0n) is 11.9. The van der Waals surface area contributed by atoms with E-state index in [2.05, 4.69) is 12.2 Å². The summed E-state index contributed by atoms with van der Waals surface area (Å²) in [7, 11) is -3.68. The fourth-order valence-corrected chi connectivity index (χ4v) is 2.85. The average molecular weight is 295 g/mol. The minimum Gasteiger partial charge on any atom is -0.486 e. The molecule has 1 unspecified atom stereocenters. The molecule has 20 heavy (non-hydrogen) atoms. The maximum atomic E-state index is 11.4. The van der Waals surface area contributed by atoms with Crippen molar-refractivity contribution in [2.24, 2.45) is 5.14 Å². The van der Waals surface area contributed by atoms with Crippen LogP contribution in [0.5, 0.6) is 5.75 Å². The van der Waals surface area contributed by atoms with Crippen molar-refractivity contribution in [2.45, 2.75) is 50.0 Å². The molecule has 0 aliphatic heterocycles. The van der Waals surface area contributed by atoms with Crippen molar-refractivity contribution in [2.75, 3.05) is 0 Å². The molecular weight excluding hydrogens is 274 g/mol. The third kappa shape index (κ3) is 3.61. The summed E-state index contributed by atoms with van der Waals surface area (Å²) in [6, 6.07) is 4.82. The Morgan fingerprint density at radius 3 is 2.65 bits per heavy atom. The maximum absolute atomic E-state index is 11.4. The van der Waals surface area contributed by atoms with Crippen LogP contribution < -0.4 is 9.88 Å². The number of benzene rings is 1. The molecule has 1 aromatic carbocycles. The van der Waals surface area contributed by atoms with E-state index in [9.17, 15) is 8.42 Å². The second kappa shape index (κ2) is 5.97. The van der Waals surface area contributed by atoms with Crippen LogP contribution in [-0.4, -0.2) is 14.5 Å². The molecule has 0 heterocycles. The topological polar surface area (TPSA) is 69.4 Å². The Morgan fingerprint density at radius 1 is 1.35 bits per heavy atom. The van der Waals surface area contributed by atoms with Crippen molar-refractivity contribution in [1.82, 2.24) is 0 Å². The molecule has 110 valence electrons. The molecule has 0 bridgehead atoms. The van der Waals surface area contributed by atoms with E-state index < -0.39 is 10.0 Å². The van der Waals surface area contributed by atoms with E-state index >= 15 is 0 Å². The lowest BCUT2D eigenvalue weighted by atomic mass is 10.0. The first-order chi connectivity index (χ1) is 9.38. The third-order valence-corrected chi connectivity index (χ3v) is 4.33. The zero-order valence-corrected chi connectivity index (χ0v) is 12.7. The van der Waals surface area contributed by atoms with E-state index in [0.717, 1.165) is 30.6 Å². The van der Waals surface area contributed by atoms with E-state index in [-0.39, 0.29) is 16.9 Å². The molecule has 2 rings (SSSR count). The van der Waals surface area contributed by atoms with Crippen LogP contribution in [0.15, 0.2) is 35.2 Å². The highest BCUT2D eigenvalue weighted by Gasteiger charge is 2.17. The van der Waals surface area contributed by atoms with Crippen molar-refractivity contribution in [1.29, 1.82) is 0 Å². The molecule has 0 amide bonds. The molecule has 5 heteroatoms. The number of ether oxygens (including phenoxy) is 1. The lowest BCUT2D eigenvalue weighted by Gasteiger charge is -2.22. The number of sulfonamides is 1. The number of nitrogens with two attached hydrogens (primary N) is 1. The van der Waals surface area contributed by atoms with Gasteiger partial charge in [-0.05, 0) is 55.0 Å². The summed E-state index contributed by atoms with van der Waals surface area (Å²) >= 11 is 0. The Balaban J connectivity index is 2.32. The summed E-state index contributed by atoms with van der Waals surface area (Å²) in [6.07, 6.45) is 7.48. The van der Waals surface area contributed by atoms with Crippen molar-refractivity contribution in [3.8, 4) is 5.75 Å². The summed E-state index contributed by atoms with van der Waals surface area (Å²) in [5, 5.41) is 5.18. The Bertz CT molecular complexity index is 606. The summed E-state index contributed by atoms with van der Waals surface area (Å²) in [4.78, 5) is 0.132. The molecule has 0 radical (unpaired) electrons. The highest BCUT2D eigenvalue weighted by atomic mass is 32.2. The van der Waals surface area contributed by atoms with Crippen LogP contribution in [0.2, 0.25) is 0 Å². The molecule has 2 N–H and O–H groups in total. The standard InChI is InChI=1S/C15H21NO3S/c1-11(2)14-10-13(20(16,17)18)8-9-15(14)19-12-6-4-3-5-7-12/h4,6,8-12H,3,5,7H2,1-2H3,(H2,16,17,18). The van der Waals surface area contributed by atoms with Gasteiger partial charge >= 0.3 is 0 Å². The van der Waals surface area contributed by atoms with Gasteiger partial charge in [0.25, 0.3) is 0 Å². The maximum Gasteiger partial charge on any atom is 0.238 e. The van der Waals surface area contributed by atoms with Crippen molar-refractivity contribution >= 4 is 10.0 Å². The fraction of sp³-hybridized carbons (Fsp3) is 0.467. The quantitative estimate of drug-likeness (QED) is 0.868. The highest BCUT2D eigenvalue weighted by molar-refractivity contribution is 7.89. The lowest BCUT2D eigenvalue weighted by Crippen LogP contribution is -2.17. The molecular formula is C15H21NO3S. The Kier molecular flexibility index (Phi) is 4.50. The molecule has 1 atom stereocenters. The predicted octanol–water partition coefficient (Wildman–Crippen LogP) is 2.94. The van der Waals surface area contributed by atoms with Crippen molar-refractivity contribution < 1.29 is 13.2 Å². The van der Waals surface area contributed by atoms with Crippen molar-refractivity contribution in [3.05, 3.63) is 35.9 Å². The summed E-state index contributed by atoms with van der Waals surface area (Å²) < 4.78 is 28.9. The van der Waals surface area contributed by atoms with Crippen LogP contribution in [-0.2, 0) is 10.0 Å². The van der Waals surface area contributed by atoms with Gasteiger partial charge in [-0.25, -0.2) is 13.6 Å².